The summed E-state index contributed by atoms with van der Waals surface area (Å²) in [6.07, 6.45) is 1.86. The van der Waals surface area contributed by atoms with Gasteiger partial charge in [-0.25, -0.2) is 4.98 Å². The number of benzene rings is 1. The molecule has 132 valence electrons. The van der Waals surface area contributed by atoms with Gasteiger partial charge < -0.3 is 15.1 Å². The number of thioether (sulfide) groups is 1. The number of nitrogens with zero attached hydrogens (tertiary/aromatic N) is 3. The van der Waals surface area contributed by atoms with Crippen LogP contribution in [0, 0.1) is 0 Å². The number of hydrogen-bond acceptors (Lipinski definition) is 5. The van der Waals surface area contributed by atoms with Crippen LogP contribution >= 0.6 is 11.8 Å². The Morgan fingerprint density at radius 2 is 1.88 bits per heavy atom. The van der Waals surface area contributed by atoms with Gasteiger partial charge in [0.1, 0.15) is 5.82 Å². The fourth-order valence-corrected chi connectivity index (χ4v) is 3.41. The number of carbonyl (C=O) groups is 1. The highest BCUT2D eigenvalue weighted by Crippen LogP contribution is 2.16. The Morgan fingerprint density at radius 3 is 2.56 bits per heavy atom. The lowest BCUT2D eigenvalue weighted by atomic mass is 10.2. The molecule has 1 N–H and O–H groups in total. The van der Waals surface area contributed by atoms with Crippen LogP contribution in [-0.2, 0) is 11.3 Å². The Labute approximate surface area is 153 Å². The summed E-state index contributed by atoms with van der Waals surface area (Å²) in [6.45, 7) is 4.67. The summed E-state index contributed by atoms with van der Waals surface area (Å²) in [5, 5.41) is 2.95. The van der Waals surface area contributed by atoms with E-state index in [1.807, 2.05) is 48.7 Å². The lowest BCUT2D eigenvalue weighted by Crippen LogP contribution is -2.44. The van der Waals surface area contributed by atoms with E-state index in [4.69, 9.17) is 0 Å². The number of aromatic nitrogens is 1. The molecule has 0 spiro atoms. The maximum absolute atomic E-state index is 12.0. The van der Waals surface area contributed by atoms with Crippen molar-refractivity contribution in [1.29, 1.82) is 0 Å². The normalized spacial score (nSPS) is 15.2. The summed E-state index contributed by atoms with van der Waals surface area (Å²) in [7, 11) is 2.15. The van der Waals surface area contributed by atoms with Crippen molar-refractivity contribution in [3.63, 3.8) is 0 Å². The van der Waals surface area contributed by atoms with E-state index in [9.17, 15) is 4.79 Å². The first-order valence-electron chi connectivity index (χ1n) is 8.54. The quantitative estimate of drug-likeness (QED) is 0.805. The monoisotopic (exact) mass is 356 g/mol. The topological polar surface area (TPSA) is 48.5 Å². The number of rotatable bonds is 6. The molecule has 1 aromatic carbocycles. The Hall–Kier alpha value is -2.05. The van der Waals surface area contributed by atoms with E-state index in [0.29, 0.717) is 12.3 Å². The van der Waals surface area contributed by atoms with Gasteiger partial charge in [-0.1, -0.05) is 24.3 Å². The third-order valence-corrected chi connectivity index (χ3v) is 5.25. The molecule has 5 nitrogen and oxygen atoms in total. The SMILES string of the molecule is CN1CCN(c2ccc(CNC(=O)CSc3ccccc3)cn2)CC1. The van der Waals surface area contributed by atoms with Crippen LogP contribution < -0.4 is 10.2 Å². The maximum Gasteiger partial charge on any atom is 0.230 e. The smallest absolute Gasteiger partial charge is 0.230 e. The van der Waals surface area contributed by atoms with Crippen LogP contribution in [0.25, 0.3) is 0 Å². The summed E-state index contributed by atoms with van der Waals surface area (Å²) in [6, 6.07) is 14.1. The minimum Gasteiger partial charge on any atom is -0.354 e. The Kier molecular flexibility index (Phi) is 6.30. The molecular formula is C19H24N4OS. The fourth-order valence-electron chi connectivity index (χ4n) is 2.66. The van der Waals surface area contributed by atoms with Gasteiger partial charge in [-0.3, -0.25) is 4.79 Å². The molecule has 2 heterocycles. The van der Waals surface area contributed by atoms with Crippen LogP contribution in [0.2, 0.25) is 0 Å². The third kappa shape index (κ3) is 5.47. The predicted octanol–water partition coefficient (Wildman–Crippen LogP) is 2.24. The number of amides is 1. The molecule has 1 aliphatic rings. The van der Waals surface area contributed by atoms with Crippen LogP contribution in [0.4, 0.5) is 5.82 Å². The summed E-state index contributed by atoms with van der Waals surface area (Å²) in [5.41, 5.74) is 1.02. The van der Waals surface area contributed by atoms with E-state index in [1.54, 1.807) is 11.8 Å². The summed E-state index contributed by atoms with van der Waals surface area (Å²) >= 11 is 1.55. The van der Waals surface area contributed by atoms with E-state index in [1.165, 1.54) is 0 Å². The molecule has 6 heteroatoms. The zero-order chi connectivity index (χ0) is 17.5. The Morgan fingerprint density at radius 1 is 1.12 bits per heavy atom. The molecule has 0 radical (unpaired) electrons. The molecule has 0 bridgehead atoms. The van der Waals surface area contributed by atoms with Crippen molar-refractivity contribution in [3.8, 4) is 0 Å². The number of hydrogen-bond donors (Lipinski definition) is 1. The average Bonchev–Trinajstić information content (AvgIpc) is 2.67. The number of anilines is 1. The van der Waals surface area contributed by atoms with Crippen LogP contribution in [0.15, 0.2) is 53.6 Å². The Balaban J connectivity index is 1.43. The van der Waals surface area contributed by atoms with Crippen molar-refractivity contribution >= 4 is 23.5 Å². The molecule has 1 fully saturated rings. The zero-order valence-electron chi connectivity index (χ0n) is 14.5. The average molecular weight is 356 g/mol. The minimum absolute atomic E-state index is 0.0389. The largest absolute Gasteiger partial charge is 0.354 e. The van der Waals surface area contributed by atoms with Gasteiger partial charge in [0.25, 0.3) is 0 Å². The minimum atomic E-state index is 0.0389. The van der Waals surface area contributed by atoms with Crippen LogP contribution in [-0.4, -0.2) is 54.8 Å². The van der Waals surface area contributed by atoms with E-state index in [-0.39, 0.29) is 5.91 Å². The first-order chi connectivity index (χ1) is 12.2. The van der Waals surface area contributed by atoms with Gasteiger partial charge in [0.15, 0.2) is 0 Å². The van der Waals surface area contributed by atoms with Crippen LogP contribution in [0.5, 0.6) is 0 Å². The lowest BCUT2D eigenvalue weighted by Gasteiger charge is -2.33. The first-order valence-corrected chi connectivity index (χ1v) is 9.52. The van der Waals surface area contributed by atoms with Gasteiger partial charge in [-0.2, -0.15) is 0 Å². The van der Waals surface area contributed by atoms with E-state index < -0.39 is 0 Å². The molecule has 1 amide bonds. The number of likely N-dealkylation sites (N-methyl/N-ethyl adjacent to an activating group) is 1. The van der Waals surface area contributed by atoms with Crippen molar-refractivity contribution in [1.82, 2.24) is 15.2 Å². The maximum atomic E-state index is 12.0. The van der Waals surface area contributed by atoms with Crippen molar-refractivity contribution in [2.75, 3.05) is 43.9 Å². The van der Waals surface area contributed by atoms with E-state index in [0.717, 1.165) is 42.5 Å². The van der Waals surface area contributed by atoms with Gasteiger partial charge in [-0.15, -0.1) is 11.8 Å². The molecule has 3 rings (SSSR count). The second kappa shape index (κ2) is 8.87. The number of carbonyl (C=O) groups excluding carboxylic acids is 1. The number of nitrogens with one attached hydrogen (secondary N) is 1. The molecule has 25 heavy (non-hydrogen) atoms. The molecule has 1 aromatic heterocycles. The molecule has 0 atom stereocenters. The predicted molar refractivity (Wildman–Crippen MR) is 103 cm³/mol. The first kappa shape index (κ1) is 17.8. The van der Waals surface area contributed by atoms with Gasteiger partial charge in [-0.05, 0) is 30.8 Å². The summed E-state index contributed by atoms with van der Waals surface area (Å²) in [4.78, 5) is 22.3. The summed E-state index contributed by atoms with van der Waals surface area (Å²) in [5.74, 6) is 1.48. The molecular weight excluding hydrogens is 332 g/mol. The molecule has 0 unspecified atom stereocenters. The van der Waals surface area contributed by atoms with E-state index >= 15 is 0 Å². The van der Waals surface area contributed by atoms with Gasteiger partial charge in [0.2, 0.25) is 5.91 Å². The van der Waals surface area contributed by atoms with Crippen LogP contribution in [0.1, 0.15) is 5.56 Å². The molecule has 2 aromatic rings. The van der Waals surface area contributed by atoms with Gasteiger partial charge in [0, 0.05) is 43.8 Å². The molecule has 0 saturated carbocycles. The third-order valence-electron chi connectivity index (χ3n) is 4.24. The molecule has 1 aliphatic heterocycles. The number of pyridine rings is 1. The van der Waals surface area contributed by atoms with Gasteiger partial charge >= 0.3 is 0 Å². The Bertz CT molecular complexity index is 670. The van der Waals surface area contributed by atoms with Crippen molar-refractivity contribution in [2.24, 2.45) is 0 Å². The number of piperazine rings is 1. The highest BCUT2D eigenvalue weighted by molar-refractivity contribution is 8.00. The molecule has 1 saturated heterocycles. The van der Waals surface area contributed by atoms with Crippen LogP contribution in [0.3, 0.4) is 0 Å². The highest BCUT2D eigenvalue weighted by atomic mass is 32.2. The fraction of sp³-hybridized carbons (Fsp3) is 0.368. The van der Waals surface area contributed by atoms with E-state index in [2.05, 4.69) is 27.1 Å². The van der Waals surface area contributed by atoms with Gasteiger partial charge in [0.05, 0.1) is 5.75 Å². The highest BCUT2D eigenvalue weighted by Gasteiger charge is 2.14. The van der Waals surface area contributed by atoms with Crippen molar-refractivity contribution in [3.05, 3.63) is 54.2 Å². The summed E-state index contributed by atoms with van der Waals surface area (Å²) < 4.78 is 0. The second-order valence-corrected chi connectivity index (χ2v) is 7.24. The van der Waals surface area contributed by atoms with Crippen molar-refractivity contribution < 1.29 is 4.79 Å². The zero-order valence-corrected chi connectivity index (χ0v) is 15.3. The lowest BCUT2D eigenvalue weighted by molar-refractivity contribution is -0.118. The second-order valence-electron chi connectivity index (χ2n) is 6.19. The van der Waals surface area contributed by atoms with Crippen molar-refractivity contribution in [2.45, 2.75) is 11.4 Å². The standard InChI is InChI=1S/C19H24N4OS/c1-22-9-11-23(12-10-22)18-8-7-16(13-20-18)14-21-19(24)15-25-17-5-3-2-4-6-17/h2-8,13H,9-12,14-15H2,1H3,(H,21,24). The molecule has 0 aliphatic carbocycles.